The van der Waals surface area contributed by atoms with Crippen molar-refractivity contribution in [2.45, 2.75) is 56.8 Å². The lowest BCUT2D eigenvalue weighted by Gasteiger charge is -2.32. The van der Waals surface area contributed by atoms with Crippen molar-refractivity contribution in [3.63, 3.8) is 0 Å². The maximum absolute atomic E-state index is 2.61. The van der Waals surface area contributed by atoms with Gasteiger partial charge in [0.25, 0.3) is 0 Å². The fourth-order valence-electron chi connectivity index (χ4n) is 3.23. The largest absolute Gasteiger partial charge is 0.304 e. The van der Waals surface area contributed by atoms with Gasteiger partial charge in [0.15, 0.2) is 0 Å². The maximum atomic E-state index is 2.61. The van der Waals surface area contributed by atoms with Crippen molar-refractivity contribution < 1.29 is 0 Å². The van der Waals surface area contributed by atoms with Gasteiger partial charge in [0, 0.05) is 31.1 Å². The second-order valence-electron chi connectivity index (χ2n) is 7.16. The summed E-state index contributed by atoms with van der Waals surface area (Å²) in [7, 11) is 2.22. The molecule has 0 spiro atoms. The normalized spacial score (nSPS) is 16.6. The zero-order valence-corrected chi connectivity index (χ0v) is 16.6. The van der Waals surface area contributed by atoms with Crippen LogP contribution in [0.15, 0.2) is 29.2 Å². The molecule has 1 aliphatic heterocycles. The van der Waals surface area contributed by atoms with E-state index in [2.05, 4.69) is 48.0 Å². The second-order valence-corrected chi connectivity index (χ2v) is 8.32. The van der Waals surface area contributed by atoms with Gasteiger partial charge in [-0.05, 0) is 56.3 Å². The first-order chi connectivity index (χ1) is 11.8. The fraction of sp³-hybridized carbons (Fsp3) is 0.714. The highest BCUT2D eigenvalue weighted by Crippen LogP contribution is 2.21. The van der Waals surface area contributed by atoms with Crippen LogP contribution in [0.2, 0.25) is 0 Å². The van der Waals surface area contributed by atoms with Gasteiger partial charge in [-0.2, -0.15) is 0 Å². The lowest BCUT2D eigenvalue weighted by molar-refractivity contribution is 0.153. The highest BCUT2D eigenvalue weighted by molar-refractivity contribution is 7.99. The third kappa shape index (κ3) is 8.04. The van der Waals surface area contributed by atoms with Crippen LogP contribution in [0.25, 0.3) is 0 Å². The molecule has 3 heteroatoms. The minimum atomic E-state index is 1.22. The third-order valence-corrected chi connectivity index (χ3v) is 6.07. The summed E-state index contributed by atoms with van der Waals surface area (Å²) in [5, 5.41) is 0. The number of piperazine rings is 1. The molecule has 0 saturated carbocycles. The van der Waals surface area contributed by atoms with Crippen molar-refractivity contribution in [1.29, 1.82) is 0 Å². The Labute approximate surface area is 154 Å². The Hall–Kier alpha value is -0.510. The Kier molecular flexibility index (Phi) is 9.86. The number of hydrogen-bond donors (Lipinski definition) is 0. The summed E-state index contributed by atoms with van der Waals surface area (Å²) in [6.45, 7) is 8.47. The number of nitrogens with zero attached hydrogens (tertiary/aromatic N) is 2. The molecule has 1 saturated heterocycles. The molecular weight excluding hydrogens is 312 g/mol. The zero-order chi connectivity index (χ0) is 17.0. The average Bonchev–Trinajstić information content (AvgIpc) is 2.61. The molecule has 2 nitrogen and oxygen atoms in total. The van der Waals surface area contributed by atoms with E-state index in [-0.39, 0.29) is 0 Å². The van der Waals surface area contributed by atoms with Gasteiger partial charge in [0.05, 0.1) is 0 Å². The molecule has 2 rings (SSSR count). The number of thioether (sulfide) groups is 1. The van der Waals surface area contributed by atoms with Gasteiger partial charge >= 0.3 is 0 Å². The molecule has 1 aromatic rings. The molecule has 1 aliphatic rings. The van der Waals surface area contributed by atoms with Crippen molar-refractivity contribution in [3.8, 4) is 0 Å². The molecule has 1 fully saturated rings. The molecule has 136 valence electrons. The Balaban J connectivity index is 1.56. The van der Waals surface area contributed by atoms with Gasteiger partial charge in [-0.25, -0.2) is 0 Å². The minimum Gasteiger partial charge on any atom is -0.304 e. The van der Waals surface area contributed by atoms with Gasteiger partial charge in [0.2, 0.25) is 0 Å². The van der Waals surface area contributed by atoms with Crippen LogP contribution < -0.4 is 0 Å². The van der Waals surface area contributed by atoms with Gasteiger partial charge in [0.1, 0.15) is 0 Å². The van der Waals surface area contributed by atoms with E-state index in [0.29, 0.717) is 0 Å². The first-order valence-electron chi connectivity index (χ1n) is 9.90. The van der Waals surface area contributed by atoms with E-state index in [0.717, 1.165) is 0 Å². The van der Waals surface area contributed by atoms with Crippen LogP contribution in [0.5, 0.6) is 0 Å². The van der Waals surface area contributed by atoms with Crippen LogP contribution in [-0.2, 0) is 6.42 Å². The molecule has 0 atom stereocenters. The first kappa shape index (κ1) is 19.8. The molecule has 0 amide bonds. The predicted octanol–water partition coefficient (Wildman–Crippen LogP) is 4.93. The van der Waals surface area contributed by atoms with E-state index in [1.165, 1.54) is 93.9 Å². The van der Waals surface area contributed by atoms with Crippen LogP contribution in [-0.4, -0.2) is 55.3 Å². The van der Waals surface area contributed by atoms with Gasteiger partial charge in [-0.1, -0.05) is 44.7 Å². The summed E-state index contributed by atoms with van der Waals surface area (Å²) < 4.78 is 0. The third-order valence-electron chi connectivity index (χ3n) is 4.98. The molecule has 0 aromatic heterocycles. The van der Waals surface area contributed by atoms with Gasteiger partial charge < -0.3 is 9.80 Å². The monoisotopic (exact) mass is 348 g/mol. The highest BCUT2D eigenvalue weighted by atomic mass is 32.2. The molecule has 0 N–H and O–H groups in total. The molecule has 1 aromatic carbocycles. The lowest BCUT2D eigenvalue weighted by atomic mass is 10.1. The maximum Gasteiger partial charge on any atom is 0.0110 e. The van der Waals surface area contributed by atoms with E-state index >= 15 is 0 Å². The number of benzene rings is 1. The van der Waals surface area contributed by atoms with Crippen molar-refractivity contribution in [2.75, 3.05) is 45.5 Å². The molecule has 24 heavy (non-hydrogen) atoms. The SMILES string of the molecule is CCCCCCCSc1ccc(CCCN2CCN(C)CC2)cc1. The predicted molar refractivity (Wildman–Crippen MR) is 108 cm³/mol. The number of hydrogen-bond acceptors (Lipinski definition) is 3. The smallest absolute Gasteiger partial charge is 0.0110 e. The number of aryl methyl sites for hydroxylation is 1. The zero-order valence-electron chi connectivity index (χ0n) is 15.8. The number of unbranched alkanes of at least 4 members (excludes halogenated alkanes) is 4. The van der Waals surface area contributed by atoms with Gasteiger partial charge in [-0.15, -0.1) is 11.8 Å². The highest BCUT2D eigenvalue weighted by Gasteiger charge is 2.12. The number of rotatable bonds is 11. The summed E-state index contributed by atoms with van der Waals surface area (Å²) in [5.74, 6) is 1.27. The standard InChI is InChI=1S/C21H36N2S/c1-3-4-5-6-7-19-24-21-12-10-20(11-13-21)9-8-14-23-17-15-22(2)16-18-23/h10-13H,3-9,14-19H2,1-2H3. The minimum absolute atomic E-state index is 1.22. The summed E-state index contributed by atoms with van der Waals surface area (Å²) >= 11 is 2.02. The van der Waals surface area contributed by atoms with Crippen LogP contribution in [0.3, 0.4) is 0 Å². The first-order valence-corrected chi connectivity index (χ1v) is 10.9. The summed E-state index contributed by atoms with van der Waals surface area (Å²) in [5.41, 5.74) is 1.50. The molecular formula is C21H36N2S. The molecule has 0 radical (unpaired) electrons. The average molecular weight is 349 g/mol. The van der Waals surface area contributed by atoms with E-state index in [4.69, 9.17) is 0 Å². The van der Waals surface area contributed by atoms with Crippen LogP contribution >= 0.6 is 11.8 Å². The Morgan fingerprint density at radius 3 is 2.29 bits per heavy atom. The van der Waals surface area contributed by atoms with E-state index < -0.39 is 0 Å². The van der Waals surface area contributed by atoms with E-state index in [9.17, 15) is 0 Å². The van der Waals surface area contributed by atoms with Crippen molar-refractivity contribution >= 4 is 11.8 Å². The molecule has 0 bridgehead atoms. The molecule has 0 aliphatic carbocycles. The second kappa shape index (κ2) is 11.9. The number of likely N-dealkylation sites (N-methyl/N-ethyl adjacent to an activating group) is 1. The van der Waals surface area contributed by atoms with E-state index in [1.807, 2.05) is 11.8 Å². The quantitative estimate of drug-likeness (QED) is 0.413. The fourth-order valence-corrected chi connectivity index (χ4v) is 4.14. The Bertz CT molecular complexity index is 424. The van der Waals surface area contributed by atoms with Crippen LogP contribution in [0.1, 0.15) is 51.0 Å². The Morgan fingerprint density at radius 1 is 0.875 bits per heavy atom. The lowest BCUT2D eigenvalue weighted by Crippen LogP contribution is -2.44. The summed E-state index contributed by atoms with van der Waals surface area (Å²) in [4.78, 5) is 6.48. The van der Waals surface area contributed by atoms with Crippen molar-refractivity contribution in [3.05, 3.63) is 29.8 Å². The molecule has 1 heterocycles. The molecule has 0 unspecified atom stereocenters. The van der Waals surface area contributed by atoms with Crippen LogP contribution in [0.4, 0.5) is 0 Å². The topological polar surface area (TPSA) is 6.48 Å². The summed E-state index contributed by atoms with van der Waals surface area (Å²) in [6.07, 6.45) is 9.39. The van der Waals surface area contributed by atoms with Crippen LogP contribution in [0, 0.1) is 0 Å². The van der Waals surface area contributed by atoms with Crippen molar-refractivity contribution in [2.24, 2.45) is 0 Å². The summed E-state index contributed by atoms with van der Waals surface area (Å²) in [6, 6.07) is 9.32. The van der Waals surface area contributed by atoms with Crippen molar-refractivity contribution in [1.82, 2.24) is 9.80 Å². The van der Waals surface area contributed by atoms with E-state index in [1.54, 1.807) is 0 Å². The Morgan fingerprint density at radius 2 is 1.58 bits per heavy atom. The van der Waals surface area contributed by atoms with Gasteiger partial charge in [-0.3, -0.25) is 0 Å².